The van der Waals surface area contributed by atoms with Crippen molar-refractivity contribution in [2.24, 2.45) is 5.41 Å². The molecule has 0 heterocycles. The van der Waals surface area contributed by atoms with Gasteiger partial charge < -0.3 is 9.47 Å². The second-order valence-corrected chi connectivity index (χ2v) is 4.30. The first-order valence-corrected chi connectivity index (χ1v) is 5.37. The minimum Gasteiger partial charge on any atom is -0.460 e. The zero-order chi connectivity index (χ0) is 16.2. The Hall–Kier alpha value is -1.25. The molecule has 0 bridgehead atoms. The normalized spacial score (nSPS) is 13.2. The SMILES string of the molecule is C=C(C)C(=O)OCCOCC(C)(C(F)(F)F)C(F)(F)F. The van der Waals surface area contributed by atoms with Gasteiger partial charge in [-0.15, -0.1) is 0 Å². The van der Waals surface area contributed by atoms with Crippen molar-refractivity contribution < 1.29 is 40.6 Å². The summed E-state index contributed by atoms with van der Waals surface area (Å²) >= 11 is 0. The molecule has 3 nitrogen and oxygen atoms in total. The minimum atomic E-state index is -5.50. The molecule has 20 heavy (non-hydrogen) atoms. The van der Waals surface area contributed by atoms with Crippen LogP contribution in [0.4, 0.5) is 26.3 Å². The van der Waals surface area contributed by atoms with E-state index in [4.69, 9.17) is 0 Å². The molecule has 0 aromatic rings. The number of hydrogen-bond acceptors (Lipinski definition) is 3. The Balaban J connectivity index is 4.39. The van der Waals surface area contributed by atoms with E-state index in [2.05, 4.69) is 16.1 Å². The van der Waals surface area contributed by atoms with Crippen LogP contribution in [0.15, 0.2) is 12.2 Å². The molecule has 0 atom stereocenters. The maximum atomic E-state index is 12.4. The summed E-state index contributed by atoms with van der Waals surface area (Å²) in [6.45, 7) is 1.94. The quantitative estimate of drug-likeness (QED) is 0.327. The van der Waals surface area contributed by atoms with Crippen molar-refractivity contribution in [1.82, 2.24) is 0 Å². The van der Waals surface area contributed by atoms with Crippen LogP contribution < -0.4 is 0 Å². The second kappa shape index (κ2) is 6.47. The van der Waals surface area contributed by atoms with Gasteiger partial charge in [-0.25, -0.2) is 4.79 Å². The van der Waals surface area contributed by atoms with Crippen molar-refractivity contribution in [1.29, 1.82) is 0 Å². The molecule has 9 heteroatoms. The van der Waals surface area contributed by atoms with Gasteiger partial charge in [-0.3, -0.25) is 0 Å². The number of rotatable bonds is 6. The van der Waals surface area contributed by atoms with Crippen LogP contribution in [0, 0.1) is 5.41 Å². The van der Waals surface area contributed by atoms with Crippen LogP contribution in [-0.4, -0.2) is 38.1 Å². The highest BCUT2D eigenvalue weighted by atomic mass is 19.4. The van der Waals surface area contributed by atoms with Gasteiger partial charge in [-0.1, -0.05) is 6.58 Å². The fraction of sp³-hybridized carbons (Fsp3) is 0.727. The van der Waals surface area contributed by atoms with E-state index in [1.807, 2.05) is 0 Å². The molecule has 0 saturated carbocycles. The average Bonchev–Trinajstić information content (AvgIpc) is 2.24. The predicted octanol–water partition coefficient (Wildman–Crippen LogP) is 3.25. The van der Waals surface area contributed by atoms with Gasteiger partial charge in [-0.05, 0) is 13.8 Å². The van der Waals surface area contributed by atoms with Crippen molar-refractivity contribution >= 4 is 5.97 Å². The van der Waals surface area contributed by atoms with Crippen LogP contribution in [0.2, 0.25) is 0 Å². The summed E-state index contributed by atoms with van der Waals surface area (Å²) in [7, 11) is 0. The Morgan fingerprint density at radius 3 is 1.85 bits per heavy atom. The summed E-state index contributed by atoms with van der Waals surface area (Å²) in [5.41, 5.74) is -3.92. The maximum absolute atomic E-state index is 12.4. The summed E-state index contributed by atoms with van der Waals surface area (Å²) < 4.78 is 83.5. The molecule has 0 aromatic heterocycles. The van der Waals surface area contributed by atoms with Crippen LogP contribution in [0.1, 0.15) is 13.8 Å². The number of ether oxygens (including phenoxy) is 2. The molecule has 0 unspecified atom stereocenters. The lowest BCUT2D eigenvalue weighted by atomic mass is 9.90. The summed E-state index contributed by atoms with van der Waals surface area (Å²) in [6.07, 6.45) is -11.0. The second-order valence-electron chi connectivity index (χ2n) is 4.30. The highest BCUT2D eigenvalue weighted by Crippen LogP contribution is 2.50. The fourth-order valence-corrected chi connectivity index (χ4v) is 0.917. The van der Waals surface area contributed by atoms with Gasteiger partial charge in [0, 0.05) is 5.57 Å². The molecule has 0 spiro atoms. The molecule has 0 aromatic carbocycles. The minimum absolute atomic E-state index is 0.00684. The van der Waals surface area contributed by atoms with E-state index in [-0.39, 0.29) is 12.5 Å². The standard InChI is InChI=1S/C11H14F6O3/c1-7(2)8(18)20-5-4-19-6-9(3,10(12,13)14)11(15,16)17/h1,4-6H2,2-3H3. The van der Waals surface area contributed by atoms with Crippen molar-refractivity contribution in [3.05, 3.63) is 12.2 Å². The van der Waals surface area contributed by atoms with Crippen LogP contribution in [0.5, 0.6) is 0 Å². The number of alkyl halides is 6. The third-order valence-corrected chi connectivity index (χ3v) is 2.45. The van der Waals surface area contributed by atoms with Gasteiger partial charge in [0.1, 0.15) is 6.61 Å². The highest BCUT2D eigenvalue weighted by Gasteiger charge is 2.67. The highest BCUT2D eigenvalue weighted by molar-refractivity contribution is 5.86. The lowest BCUT2D eigenvalue weighted by Crippen LogP contribution is -2.51. The molecule has 0 aliphatic carbocycles. The zero-order valence-corrected chi connectivity index (χ0v) is 10.8. The third kappa shape index (κ3) is 4.69. The van der Waals surface area contributed by atoms with E-state index >= 15 is 0 Å². The Labute approximate surface area is 111 Å². The summed E-state index contributed by atoms with van der Waals surface area (Å²) in [5.74, 6) is -0.803. The first kappa shape index (κ1) is 18.8. The van der Waals surface area contributed by atoms with Gasteiger partial charge in [0.2, 0.25) is 0 Å². The molecule has 118 valence electrons. The first-order chi connectivity index (χ1) is 8.83. The molecule has 0 aliphatic heterocycles. The largest absolute Gasteiger partial charge is 0.460 e. The first-order valence-electron chi connectivity index (χ1n) is 5.37. The summed E-state index contributed by atoms with van der Waals surface area (Å²) in [5, 5.41) is 0. The molecule has 0 aliphatic rings. The zero-order valence-electron chi connectivity index (χ0n) is 10.8. The van der Waals surface area contributed by atoms with Crippen molar-refractivity contribution in [3.63, 3.8) is 0 Å². The van der Waals surface area contributed by atoms with Crippen molar-refractivity contribution in [2.75, 3.05) is 19.8 Å². The molecule has 0 rings (SSSR count). The molecule has 0 saturated heterocycles. The van der Waals surface area contributed by atoms with Crippen LogP contribution in [0.25, 0.3) is 0 Å². The lowest BCUT2D eigenvalue weighted by Gasteiger charge is -2.33. The van der Waals surface area contributed by atoms with Crippen LogP contribution in [0.3, 0.4) is 0 Å². The summed E-state index contributed by atoms with van der Waals surface area (Å²) in [6, 6.07) is 0. The van der Waals surface area contributed by atoms with Crippen molar-refractivity contribution in [3.8, 4) is 0 Å². The monoisotopic (exact) mass is 308 g/mol. The van der Waals surface area contributed by atoms with Crippen LogP contribution in [-0.2, 0) is 14.3 Å². The molecule has 0 fully saturated rings. The van der Waals surface area contributed by atoms with Crippen molar-refractivity contribution in [2.45, 2.75) is 26.2 Å². The Morgan fingerprint density at radius 1 is 1.05 bits per heavy atom. The van der Waals surface area contributed by atoms with Gasteiger partial charge in [0.25, 0.3) is 0 Å². The number of carbonyl (C=O) groups excluding carboxylic acids is 1. The topological polar surface area (TPSA) is 35.5 Å². The van der Waals surface area contributed by atoms with E-state index in [1.165, 1.54) is 6.92 Å². The van der Waals surface area contributed by atoms with E-state index < -0.39 is 43.6 Å². The average molecular weight is 308 g/mol. The van der Waals surface area contributed by atoms with E-state index in [0.29, 0.717) is 0 Å². The number of esters is 1. The third-order valence-electron chi connectivity index (χ3n) is 2.45. The van der Waals surface area contributed by atoms with E-state index in [9.17, 15) is 31.1 Å². The Bertz CT molecular complexity index is 344. The maximum Gasteiger partial charge on any atom is 0.405 e. The molecule has 0 amide bonds. The molecular weight excluding hydrogens is 294 g/mol. The number of hydrogen-bond donors (Lipinski definition) is 0. The molecular formula is C11H14F6O3. The number of carbonyl (C=O) groups is 1. The molecule has 0 radical (unpaired) electrons. The van der Waals surface area contributed by atoms with Gasteiger partial charge in [-0.2, -0.15) is 26.3 Å². The van der Waals surface area contributed by atoms with Gasteiger partial charge in [0.15, 0.2) is 5.41 Å². The Kier molecular flexibility index (Phi) is 6.06. The number of halogens is 6. The van der Waals surface area contributed by atoms with Crippen LogP contribution >= 0.6 is 0 Å². The predicted molar refractivity (Wildman–Crippen MR) is 56.8 cm³/mol. The van der Waals surface area contributed by atoms with E-state index in [0.717, 1.165) is 0 Å². The lowest BCUT2D eigenvalue weighted by molar-refractivity contribution is -0.345. The van der Waals surface area contributed by atoms with Gasteiger partial charge in [0.05, 0.1) is 13.2 Å². The van der Waals surface area contributed by atoms with E-state index in [1.54, 1.807) is 0 Å². The summed E-state index contributed by atoms with van der Waals surface area (Å²) in [4.78, 5) is 10.9. The smallest absolute Gasteiger partial charge is 0.405 e. The molecule has 0 N–H and O–H groups in total. The fourth-order valence-electron chi connectivity index (χ4n) is 0.917. The van der Waals surface area contributed by atoms with Gasteiger partial charge >= 0.3 is 18.3 Å². The Morgan fingerprint density at radius 2 is 1.50 bits per heavy atom.